The molecule has 0 radical (unpaired) electrons. The van der Waals surface area contributed by atoms with Gasteiger partial charge in [-0.2, -0.15) is 5.10 Å². The van der Waals surface area contributed by atoms with Crippen molar-refractivity contribution in [2.45, 2.75) is 12.3 Å². The molecule has 2 heterocycles. The molecule has 3 nitrogen and oxygen atoms in total. The molecule has 0 bridgehead atoms. The fraction of sp³-hybridized carbons (Fsp3) is 0.308. The van der Waals surface area contributed by atoms with Crippen molar-refractivity contribution in [1.29, 1.82) is 0 Å². The lowest BCUT2D eigenvalue weighted by molar-refractivity contribution is 0.575. The molecule has 1 aromatic carbocycles. The van der Waals surface area contributed by atoms with Gasteiger partial charge in [-0.1, -0.05) is 0 Å². The van der Waals surface area contributed by atoms with Gasteiger partial charge in [-0.05, 0) is 24.1 Å². The van der Waals surface area contributed by atoms with Crippen molar-refractivity contribution in [3.63, 3.8) is 0 Å². The minimum absolute atomic E-state index is 0.165. The highest BCUT2D eigenvalue weighted by molar-refractivity contribution is 5.40. The van der Waals surface area contributed by atoms with E-state index in [2.05, 4.69) is 15.1 Å². The molecule has 1 N–H and O–H groups in total. The molecule has 1 atom stereocenters. The van der Waals surface area contributed by atoms with Gasteiger partial charge in [0.05, 0.1) is 6.20 Å². The second kappa shape index (κ2) is 4.40. The number of nitrogens with one attached hydrogen (secondary N) is 1. The van der Waals surface area contributed by atoms with E-state index in [0.29, 0.717) is 0 Å². The molecule has 18 heavy (non-hydrogen) atoms. The smallest absolute Gasteiger partial charge is 0.126 e. The van der Waals surface area contributed by atoms with Crippen LogP contribution in [0.2, 0.25) is 0 Å². The monoisotopic (exact) mass is 249 g/mol. The Morgan fingerprint density at radius 1 is 1.22 bits per heavy atom. The molecule has 1 unspecified atom stereocenters. The van der Waals surface area contributed by atoms with Crippen molar-refractivity contribution in [3.8, 4) is 0 Å². The van der Waals surface area contributed by atoms with Gasteiger partial charge < -0.3 is 4.90 Å². The molecule has 0 aliphatic carbocycles. The largest absolute Gasteiger partial charge is 0.356 e. The van der Waals surface area contributed by atoms with Crippen LogP contribution in [-0.2, 0) is 0 Å². The maximum Gasteiger partial charge on any atom is 0.126 e. The van der Waals surface area contributed by atoms with Crippen molar-refractivity contribution in [2.75, 3.05) is 18.0 Å². The Labute approximate surface area is 103 Å². The predicted molar refractivity (Wildman–Crippen MR) is 64.5 cm³/mol. The van der Waals surface area contributed by atoms with E-state index in [0.717, 1.165) is 37.0 Å². The van der Waals surface area contributed by atoms with E-state index in [1.165, 1.54) is 12.1 Å². The maximum absolute atomic E-state index is 13.2. The predicted octanol–water partition coefficient (Wildman–Crippen LogP) is 2.68. The van der Waals surface area contributed by atoms with E-state index in [1.54, 1.807) is 6.20 Å². The topological polar surface area (TPSA) is 31.9 Å². The van der Waals surface area contributed by atoms with Crippen LogP contribution in [0.4, 0.5) is 14.6 Å². The number of aromatic nitrogens is 2. The Morgan fingerprint density at radius 2 is 2.00 bits per heavy atom. The minimum Gasteiger partial charge on any atom is -0.356 e. The quantitative estimate of drug-likeness (QED) is 0.887. The zero-order valence-electron chi connectivity index (χ0n) is 9.74. The molecule has 1 aliphatic rings. The molecule has 0 saturated carbocycles. The van der Waals surface area contributed by atoms with Crippen LogP contribution in [0.5, 0.6) is 0 Å². The Kier molecular flexibility index (Phi) is 2.74. The van der Waals surface area contributed by atoms with Gasteiger partial charge in [-0.25, -0.2) is 8.78 Å². The van der Waals surface area contributed by atoms with Crippen LogP contribution in [0.25, 0.3) is 0 Å². The Hall–Kier alpha value is -1.91. The van der Waals surface area contributed by atoms with Gasteiger partial charge >= 0.3 is 0 Å². The first kappa shape index (κ1) is 11.2. The number of nitrogens with zero attached hydrogens (tertiary/aromatic N) is 2. The van der Waals surface area contributed by atoms with Crippen molar-refractivity contribution < 1.29 is 8.78 Å². The van der Waals surface area contributed by atoms with Gasteiger partial charge in [-0.3, -0.25) is 5.10 Å². The van der Waals surface area contributed by atoms with Crippen LogP contribution in [-0.4, -0.2) is 23.3 Å². The first-order chi connectivity index (χ1) is 8.72. The number of hydrogen-bond donors (Lipinski definition) is 1. The van der Waals surface area contributed by atoms with Crippen molar-refractivity contribution in [3.05, 3.63) is 47.7 Å². The van der Waals surface area contributed by atoms with Gasteiger partial charge in [0, 0.05) is 31.1 Å². The summed E-state index contributed by atoms with van der Waals surface area (Å²) in [6.07, 6.45) is 2.59. The van der Waals surface area contributed by atoms with E-state index in [-0.39, 0.29) is 5.92 Å². The summed E-state index contributed by atoms with van der Waals surface area (Å²) in [6.45, 7) is 1.62. The van der Waals surface area contributed by atoms with E-state index in [9.17, 15) is 8.78 Å². The van der Waals surface area contributed by atoms with Crippen molar-refractivity contribution in [2.24, 2.45) is 0 Å². The molecule has 5 heteroatoms. The lowest BCUT2D eigenvalue weighted by Gasteiger charge is -2.16. The highest BCUT2D eigenvalue weighted by Crippen LogP contribution is 2.30. The van der Waals surface area contributed by atoms with Gasteiger partial charge in [-0.15, -0.1) is 0 Å². The van der Waals surface area contributed by atoms with Crippen LogP contribution in [0, 0.1) is 11.6 Å². The summed E-state index contributed by atoms with van der Waals surface area (Å²) in [6, 6.07) is 5.65. The first-order valence-corrected chi connectivity index (χ1v) is 5.93. The fourth-order valence-electron chi connectivity index (χ4n) is 2.49. The van der Waals surface area contributed by atoms with E-state index >= 15 is 0 Å². The molecule has 1 fully saturated rings. The zero-order chi connectivity index (χ0) is 12.5. The molecule has 1 aliphatic heterocycles. The van der Waals surface area contributed by atoms with Crippen LogP contribution in [0.1, 0.15) is 17.9 Å². The third-order valence-electron chi connectivity index (χ3n) is 3.37. The summed E-state index contributed by atoms with van der Waals surface area (Å²) in [5, 5.41) is 6.81. The normalized spacial score (nSPS) is 19.4. The average Bonchev–Trinajstić information content (AvgIpc) is 2.99. The first-order valence-electron chi connectivity index (χ1n) is 5.93. The number of aromatic amines is 1. The highest BCUT2D eigenvalue weighted by Gasteiger charge is 2.25. The summed E-state index contributed by atoms with van der Waals surface area (Å²) in [5.41, 5.74) is 0.731. The zero-order valence-corrected chi connectivity index (χ0v) is 9.74. The molecule has 94 valence electrons. The summed E-state index contributed by atoms with van der Waals surface area (Å²) >= 11 is 0. The molecule has 2 aromatic rings. The summed E-state index contributed by atoms with van der Waals surface area (Å²) in [4.78, 5) is 2.14. The molecule has 0 spiro atoms. The molecular weight excluding hydrogens is 236 g/mol. The van der Waals surface area contributed by atoms with E-state index in [4.69, 9.17) is 0 Å². The van der Waals surface area contributed by atoms with E-state index in [1.807, 2.05) is 6.07 Å². The number of hydrogen-bond acceptors (Lipinski definition) is 2. The summed E-state index contributed by atoms with van der Waals surface area (Å²) in [5.74, 6) is 0.0999. The Bertz CT molecular complexity index is 519. The summed E-state index contributed by atoms with van der Waals surface area (Å²) < 4.78 is 26.4. The standard InChI is InChI=1S/C13H13F2N3/c14-11-5-10(6-12(15)7-11)9-2-4-18(8-9)13-1-3-16-17-13/h1,3,5-7,9H,2,4,8H2,(H,16,17). The summed E-state index contributed by atoms with van der Waals surface area (Å²) in [7, 11) is 0. The maximum atomic E-state index is 13.2. The van der Waals surface area contributed by atoms with Crippen LogP contribution < -0.4 is 4.90 Å². The van der Waals surface area contributed by atoms with Crippen LogP contribution >= 0.6 is 0 Å². The molecule has 0 amide bonds. The molecule has 3 rings (SSSR count). The third-order valence-corrected chi connectivity index (χ3v) is 3.37. The average molecular weight is 249 g/mol. The lowest BCUT2D eigenvalue weighted by Crippen LogP contribution is -2.19. The minimum atomic E-state index is -0.509. The highest BCUT2D eigenvalue weighted by atomic mass is 19.1. The van der Waals surface area contributed by atoms with Gasteiger partial charge in [0.25, 0.3) is 0 Å². The SMILES string of the molecule is Fc1cc(F)cc(C2CCN(c3ccn[nH]3)C2)c1. The molecular formula is C13H13F2N3. The van der Waals surface area contributed by atoms with E-state index < -0.39 is 11.6 Å². The fourth-order valence-corrected chi connectivity index (χ4v) is 2.49. The lowest BCUT2D eigenvalue weighted by atomic mass is 9.98. The number of H-pyrrole nitrogens is 1. The number of benzene rings is 1. The second-order valence-corrected chi connectivity index (χ2v) is 4.58. The van der Waals surface area contributed by atoms with Crippen LogP contribution in [0.15, 0.2) is 30.5 Å². The number of halogens is 2. The van der Waals surface area contributed by atoms with Crippen molar-refractivity contribution in [1.82, 2.24) is 10.2 Å². The molecule has 1 aromatic heterocycles. The third kappa shape index (κ3) is 2.08. The van der Waals surface area contributed by atoms with Gasteiger partial charge in [0.1, 0.15) is 17.5 Å². The van der Waals surface area contributed by atoms with Crippen LogP contribution in [0.3, 0.4) is 0 Å². The number of rotatable bonds is 2. The van der Waals surface area contributed by atoms with Gasteiger partial charge in [0.15, 0.2) is 0 Å². The molecule has 1 saturated heterocycles. The van der Waals surface area contributed by atoms with Gasteiger partial charge in [0.2, 0.25) is 0 Å². The number of anilines is 1. The second-order valence-electron chi connectivity index (χ2n) is 4.58. The van der Waals surface area contributed by atoms with Crippen molar-refractivity contribution >= 4 is 5.82 Å². The Balaban J connectivity index is 1.79. The Morgan fingerprint density at radius 3 is 2.67 bits per heavy atom.